The van der Waals surface area contributed by atoms with Gasteiger partial charge in [0.15, 0.2) is 5.69 Å². The molecular weight excluding hydrogens is 608 g/mol. The summed E-state index contributed by atoms with van der Waals surface area (Å²) in [6.45, 7) is 11.0. The molecule has 0 atom stereocenters. The van der Waals surface area contributed by atoms with Gasteiger partial charge in [0.05, 0.1) is 61.3 Å². The van der Waals surface area contributed by atoms with Crippen molar-refractivity contribution < 1.29 is 9.47 Å². The van der Waals surface area contributed by atoms with Gasteiger partial charge >= 0.3 is 0 Å². The quantitative estimate of drug-likeness (QED) is 0.148. The fourth-order valence-electron chi connectivity index (χ4n) is 5.94. The van der Waals surface area contributed by atoms with Crippen LogP contribution in [0, 0.1) is 13.5 Å². The van der Waals surface area contributed by atoms with E-state index in [0.29, 0.717) is 23.8 Å². The average Bonchev–Trinajstić information content (AvgIpc) is 3.72. The molecule has 3 aromatic carbocycles. The molecule has 232 valence electrons. The second-order valence-corrected chi connectivity index (χ2v) is 11.7. The number of rotatable bonds is 9. The summed E-state index contributed by atoms with van der Waals surface area (Å²) in [7, 11) is 3.33. The van der Waals surface area contributed by atoms with Gasteiger partial charge < -0.3 is 23.3 Å². The number of hydrogen-bond donors (Lipinski definition) is 0. The maximum atomic E-state index is 7.82. The van der Waals surface area contributed by atoms with Crippen LogP contribution in [-0.2, 0) is 13.1 Å². The van der Waals surface area contributed by atoms with Gasteiger partial charge in [0.2, 0.25) is 0 Å². The maximum absolute atomic E-state index is 7.82. The number of hydrogen-bond acceptors (Lipinski definition) is 5. The van der Waals surface area contributed by atoms with Crippen LogP contribution < -0.4 is 14.4 Å². The molecule has 7 aromatic rings. The van der Waals surface area contributed by atoms with E-state index in [1.807, 2.05) is 60.2 Å². The second kappa shape index (κ2) is 12.5. The molecule has 9 heteroatoms. The number of fused-ring (bicyclic) bond motifs is 2. The summed E-state index contributed by atoms with van der Waals surface area (Å²) in [5.41, 5.74) is 9.13. The van der Waals surface area contributed by atoms with Crippen molar-refractivity contribution in [3.8, 4) is 28.3 Å². The van der Waals surface area contributed by atoms with Gasteiger partial charge in [-0.25, -0.2) is 9.83 Å². The highest BCUT2D eigenvalue weighted by atomic mass is 35.5. The number of ether oxygens (including phenoxy) is 2. The van der Waals surface area contributed by atoms with E-state index in [4.69, 9.17) is 32.6 Å². The lowest BCUT2D eigenvalue weighted by atomic mass is 10.0. The van der Waals surface area contributed by atoms with Crippen molar-refractivity contribution in [1.82, 2.24) is 18.9 Å². The van der Waals surface area contributed by atoms with Crippen LogP contribution in [0.4, 0.5) is 11.4 Å². The summed E-state index contributed by atoms with van der Waals surface area (Å²) in [5.74, 6) is 1.60. The Bertz CT molecular complexity index is 2220. The first-order valence-electron chi connectivity index (χ1n) is 15.1. The van der Waals surface area contributed by atoms with Gasteiger partial charge in [-0.05, 0) is 77.5 Å². The molecule has 0 fully saturated rings. The first-order chi connectivity index (χ1) is 22.9. The number of benzene rings is 3. The number of aryl methyl sites for hydroxylation is 1. The Morgan fingerprint density at radius 3 is 2.15 bits per heavy atom. The van der Waals surface area contributed by atoms with Crippen LogP contribution in [-0.4, -0.2) is 33.2 Å². The van der Waals surface area contributed by atoms with E-state index in [1.54, 1.807) is 26.7 Å². The van der Waals surface area contributed by atoms with Crippen LogP contribution in [0.15, 0.2) is 110 Å². The molecular formula is C38H31ClN6O2. The van der Waals surface area contributed by atoms with E-state index in [1.165, 1.54) is 0 Å². The fourth-order valence-corrected chi connectivity index (χ4v) is 6.26. The smallest absolute Gasteiger partial charge is 0.190 e. The molecule has 0 amide bonds. The number of pyridine rings is 2. The summed E-state index contributed by atoms with van der Waals surface area (Å²) in [4.78, 5) is 15.0. The third-order valence-electron chi connectivity index (χ3n) is 8.48. The molecule has 0 saturated heterocycles. The van der Waals surface area contributed by atoms with Crippen LogP contribution in [0.2, 0.25) is 5.02 Å². The van der Waals surface area contributed by atoms with Crippen molar-refractivity contribution in [2.75, 3.05) is 19.1 Å². The Morgan fingerprint density at radius 2 is 1.51 bits per heavy atom. The maximum Gasteiger partial charge on any atom is 0.190 e. The topological polar surface area (TPSA) is 61.2 Å². The van der Waals surface area contributed by atoms with Gasteiger partial charge in [-0.15, -0.1) is 0 Å². The molecule has 4 aromatic heterocycles. The fraction of sp³-hybridized carbons (Fsp3) is 0.132. The summed E-state index contributed by atoms with van der Waals surface area (Å²) in [6.07, 6.45) is 11.3. The molecule has 47 heavy (non-hydrogen) atoms. The molecule has 0 spiro atoms. The highest BCUT2D eigenvalue weighted by Gasteiger charge is 2.21. The van der Waals surface area contributed by atoms with E-state index in [-0.39, 0.29) is 0 Å². The Kier molecular flexibility index (Phi) is 7.98. The molecule has 0 radical (unpaired) electrons. The lowest BCUT2D eigenvalue weighted by Gasteiger charge is -2.27. The van der Waals surface area contributed by atoms with Crippen LogP contribution in [0.1, 0.15) is 16.7 Å². The lowest BCUT2D eigenvalue weighted by molar-refractivity contribution is 0.414. The SMILES string of the molecule is [C-]#[N+]c1cc2c(-c3cncc(N(Cc4ccc(OC)cc4)Cc4ccc(OC)cc4)c3Cl)cn(-c3ccn4cncc4c3)c2cc1C. The van der Waals surface area contributed by atoms with Gasteiger partial charge in [0, 0.05) is 48.5 Å². The minimum absolute atomic E-state index is 0.581. The van der Waals surface area contributed by atoms with E-state index >= 15 is 0 Å². The highest BCUT2D eigenvalue weighted by molar-refractivity contribution is 6.36. The van der Waals surface area contributed by atoms with Crippen LogP contribution >= 0.6 is 11.6 Å². The molecule has 7 rings (SSSR count). The van der Waals surface area contributed by atoms with Gasteiger partial charge in [0.25, 0.3) is 0 Å². The molecule has 0 aliphatic carbocycles. The number of halogens is 1. The predicted molar refractivity (Wildman–Crippen MR) is 187 cm³/mol. The summed E-state index contributed by atoms with van der Waals surface area (Å²) < 4.78 is 14.9. The van der Waals surface area contributed by atoms with Crippen molar-refractivity contribution in [3.05, 3.63) is 143 Å². The zero-order chi connectivity index (χ0) is 32.5. The van der Waals surface area contributed by atoms with Gasteiger partial charge in [-0.3, -0.25) is 4.98 Å². The third kappa shape index (κ3) is 5.73. The monoisotopic (exact) mass is 638 g/mol. The van der Waals surface area contributed by atoms with E-state index in [0.717, 1.165) is 67.1 Å². The largest absolute Gasteiger partial charge is 0.497 e. The van der Waals surface area contributed by atoms with Gasteiger partial charge in [-0.2, -0.15) is 0 Å². The molecule has 0 saturated carbocycles. The highest BCUT2D eigenvalue weighted by Crippen LogP contribution is 2.42. The number of aromatic nitrogens is 4. The number of nitrogens with zero attached hydrogens (tertiary/aromatic N) is 6. The molecule has 0 unspecified atom stereocenters. The first-order valence-corrected chi connectivity index (χ1v) is 15.4. The Hall–Kier alpha value is -5.78. The van der Waals surface area contributed by atoms with E-state index < -0.39 is 0 Å². The molecule has 8 nitrogen and oxygen atoms in total. The predicted octanol–water partition coefficient (Wildman–Crippen LogP) is 9.08. The van der Waals surface area contributed by atoms with Crippen LogP contribution in [0.3, 0.4) is 0 Å². The minimum Gasteiger partial charge on any atom is -0.497 e. The van der Waals surface area contributed by atoms with E-state index in [2.05, 4.69) is 68.0 Å². The Labute approximate surface area is 277 Å². The number of methoxy groups -OCH3 is 2. The van der Waals surface area contributed by atoms with Crippen molar-refractivity contribution in [2.24, 2.45) is 0 Å². The number of imidazole rings is 1. The summed E-state index contributed by atoms with van der Waals surface area (Å²) in [6, 6.07) is 24.3. The summed E-state index contributed by atoms with van der Waals surface area (Å²) in [5, 5.41) is 1.50. The second-order valence-electron chi connectivity index (χ2n) is 11.4. The molecule has 4 heterocycles. The van der Waals surface area contributed by atoms with Crippen molar-refractivity contribution in [1.29, 1.82) is 0 Å². The zero-order valence-corrected chi connectivity index (χ0v) is 26.9. The normalized spacial score (nSPS) is 11.1. The molecule has 0 bridgehead atoms. The van der Waals surface area contributed by atoms with Crippen molar-refractivity contribution in [2.45, 2.75) is 20.0 Å². The third-order valence-corrected chi connectivity index (χ3v) is 8.87. The lowest BCUT2D eigenvalue weighted by Crippen LogP contribution is -2.22. The standard InChI is InChI=1S/C38H31ClN6O2/c1-25-15-36-32(17-35(25)40-2)34(23-45(36)28-13-14-43-24-42-18-29(43)16-28)33-19-41-20-37(38(33)39)44(21-26-5-9-30(46-3)10-6-26)22-27-7-11-31(47-4)12-8-27/h5-20,23-24H,21-22H2,1,3-4H3. The van der Waals surface area contributed by atoms with Gasteiger partial charge in [0.1, 0.15) is 11.5 Å². The molecule has 0 aliphatic heterocycles. The molecule has 0 aliphatic rings. The Morgan fingerprint density at radius 1 is 0.830 bits per heavy atom. The molecule has 0 N–H and O–H groups in total. The van der Waals surface area contributed by atoms with E-state index in [9.17, 15) is 0 Å². The minimum atomic E-state index is 0.581. The van der Waals surface area contributed by atoms with Crippen molar-refractivity contribution in [3.63, 3.8) is 0 Å². The van der Waals surface area contributed by atoms with Crippen LogP contribution in [0.5, 0.6) is 11.5 Å². The summed E-state index contributed by atoms with van der Waals surface area (Å²) >= 11 is 7.39. The number of anilines is 1. The average molecular weight is 639 g/mol. The first kappa shape index (κ1) is 29.9. The van der Waals surface area contributed by atoms with Crippen LogP contribution in [0.25, 0.3) is 38.1 Å². The van der Waals surface area contributed by atoms with Gasteiger partial charge in [-0.1, -0.05) is 35.9 Å². The van der Waals surface area contributed by atoms with Crippen molar-refractivity contribution >= 4 is 39.4 Å². The zero-order valence-electron chi connectivity index (χ0n) is 26.2. The Balaban J connectivity index is 1.37.